The summed E-state index contributed by atoms with van der Waals surface area (Å²) in [5.41, 5.74) is 17.6. The molecule has 0 N–H and O–H groups in total. The van der Waals surface area contributed by atoms with Gasteiger partial charge in [0.15, 0.2) is 17.5 Å². The van der Waals surface area contributed by atoms with E-state index in [0.29, 0.717) is 17.5 Å². The topological polar surface area (TPSA) is 48.5 Å². The minimum atomic E-state index is 0.0113. The zero-order chi connectivity index (χ0) is 41.9. The highest BCUT2D eigenvalue weighted by Gasteiger charge is 2.33. The predicted octanol–water partition coefficient (Wildman–Crippen LogP) is 14.1. The molecule has 0 amide bonds. The van der Waals surface area contributed by atoms with Gasteiger partial charge in [-0.25, -0.2) is 15.0 Å². The number of hydrogen-bond donors (Lipinski definition) is 0. The summed E-state index contributed by atoms with van der Waals surface area (Å²) in [4.78, 5) is 16.2. The molecule has 64 heavy (non-hydrogen) atoms. The lowest BCUT2D eigenvalue weighted by Crippen LogP contribution is -2.15. The molecule has 2 atom stereocenters. The van der Waals surface area contributed by atoms with Crippen molar-refractivity contribution in [2.75, 3.05) is 0 Å². The van der Waals surface area contributed by atoms with Crippen LogP contribution in [-0.2, 0) is 0 Å². The van der Waals surface area contributed by atoms with Crippen LogP contribution in [0, 0.1) is 0 Å². The Morgan fingerprint density at radius 3 is 1.14 bits per heavy atom. The molecule has 0 bridgehead atoms. The molecule has 0 saturated carbocycles. The van der Waals surface area contributed by atoms with E-state index in [4.69, 9.17) is 15.0 Å². The average Bonchev–Trinajstić information content (AvgIpc) is 3.89. The third-order valence-electron chi connectivity index (χ3n) is 13.6. The molecule has 3 aromatic heterocycles. The molecule has 14 rings (SSSR count). The number of para-hydroxylation sites is 4. The molecule has 0 fully saturated rings. The van der Waals surface area contributed by atoms with Gasteiger partial charge < -0.3 is 9.13 Å². The van der Waals surface area contributed by atoms with Crippen molar-refractivity contribution in [2.24, 2.45) is 0 Å². The Labute approximate surface area is 369 Å². The van der Waals surface area contributed by atoms with Crippen molar-refractivity contribution < 1.29 is 0 Å². The van der Waals surface area contributed by atoms with Gasteiger partial charge in [-0.1, -0.05) is 164 Å². The Morgan fingerprint density at radius 1 is 0.297 bits per heavy atom. The van der Waals surface area contributed by atoms with Crippen LogP contribution in [0.2, 0.25) is 0 Å². The largest absolute Gasteiger partial charge is 0.309 e. The maximum Gasteiger partial charge on any atom is 0.164 e. The maximum absolute atomic E-state index is 5.52. The summed E-state index contributed by atoms with van der Waals surface area (Å²) < 4.78 is 4.93. The Bertz CT molecular complexity index is 3620. The number of rotatable bonds is 5. The Morgan fingerprint density at radius 2 is 0.672 bits per heavy atom. The van der Waals surface area contributed by atoms with Crippen molar-refractivity contribution in [3.63, 3.8) is 0 Å². The fraction of sp³-hybridized carbons (Fsp3) is 0.0339. The van der Waals surface area contributed by atoms with Crippen molar-refractivity contribution in [1.29, 1.82) is 0 Å². The van der Waals surface area contributed by atoms with Crippen LogP contribution in [0.5, 0.6) is 0 Å². The molecule has 0 aliphatic carbocycles. The first-order valence-corrected chi connectivity index (χ1v) is 22.0. The summed E-state index contributed by atoms with van der Waals surface area (Å²) in [5, 5.41) is 4.78. The monoisotopic (exact) mass is 815 g/mol. The van der Waals surface area contributed by atoms with Crippen molar-refractivity contribution >= 4 is 43.6 Å². The van der Waals surface area contributed by atoms with Gasteiger partial charge in [-0.05, 0) is 81.9 Å². The van der Waals surface area contributed by atoms with E-state index in [0.717, 1.165) is 16.7 Å². The highest BCUT2D eigenvalue weighted by Crippen LogP contribution is 2.50. The van der Waals surface area contributed by atoms with Gasteiger partial charge in [0, 0.05) is 50.1 Å². The summed E-state index contributed by atoms with van der Waals surface area (Å²) in [6.45, 7) is 0. The van der Waals surface area contributed by atoms with E-state index in [1.807, 2.05) is 6.07 Å². The molecule has 5 heteroatoms. The standard InChI is InChI=1S/C59H37N5/c1-4-18-36(19-5-1)53-43-26-12-16-30-51(43)63-49-28-14-10-24-41(49)45-32-39(34-47(53)55(45)63)58-60-57(38-22-8-3-9-23-38)61-59(62-58)40-33-46-42-25-11-15-29-50(42)64-52-31-17-13-27-44(52)54(48(35-40)56(46)64)37-20-6-2-7-21-37/h1-35,53-54H. The minimum Gasteiger partial charge on any atom is -0.309 e. The van der Waals surface area contributed by atoms with Crippen LogP contribution >= 0.6 is 0 Å². The van der Waals surface area contributed by atoms with E-state index in [1.54, 1.807) is 0 Å². The molecule has 2 aliphatic rings. The van der Waals surface area contributed by atoms with Gasteiger partial charge in [0.1, 0.15) is 0 Å². The number of hydrogen-bond acceptors (Lipinski definition) is 3. The van der Waals surface area contributed by atoms with E-state index in [9.17, 15) is 0 Å². The first-order chi connectivity index (χ1) is 31.8. The fourth-order valence-corrected chi connectivity index (χ4v) is 11.0. The molecular formula is C59H37N5. The van der Waals surface area contributed by atoms with E-state index in [-0.39, 0.29) is 11.8 Å². The normalized spacial score (nSPS) is 14.9. The van der Waals surface area contributed by atoms with Gasteiger partial charge in [0.05, 0.1) is 33.4 Å². The smallest absolute Gasteiger partial charge is 0.164 e. The number of nitrogens with zero attached hydrogens (tertiary/aromatic N) is 5. The molecule has 12 aromatic rings. The molecule has 5 heterocycles. The first-order valence-electron chi connectivity index (χ1n) is 22.0. The van der Waals surface area contributed by atoms with Crippen molar-refractivity contribution in [3.05, 3.63) is 246 Å². The Hall–Kier alpha value is -8.41. The van der Waals surface area contributed by atoms with Gasteiger partial charge in [0.25, 0.3) is 0 Å². The molecular weight excluding hydrogens is 779 g/mol. The summed E-state index contributed by atoms with van der Waals surface area (Å²) in [7, 11) is 0. The minimum absolute atomic E-state index is 0.0113. The van der Waals surface area contributed by atoms with Gasteiger partial charge in [0.2, 0.25) is 0 Å². The first kappa shape index (κ1) is 35.2. The second kappa shape index (κ2) is 13.5. The second-order valence-corrected chi connectivity index (χ2v) is 17.1. The fourth-order valence-electron chi connectivity index (χ4n) is 11.0. The third kappa shape index (κ3) is 5.03. The van der Waals surface area contributed by atoms with Crippen LogP contribution in [0.3, 0.4) is 0 Å². The second-order valence-electron chi connectivity index (χ2n) is 17.1. The molecule has 9 aromatic carbocycles. The van der Waals surface area contributed by atoms with E-state index < -0.39 is 0 Å². The highest BCUT2D eigenvalue weighted by molar-refractivity contribution is 6.14. The maximum atomic E-state index is 5.52. The predicted molar refractivity (Wildman–Crippen MR) is 260 cm³/mol. The molecule has 0 radical (unpaired) electrons. The molecule has 5 nitrogen and oxygen atoms in total. The average molecular weight is 816 g/mol. The molecule has 2 unspecified atom stereocenters. The van der Waals surface area contributed by atoms with E-state index in [2.05, 4.69) is 215 Å². The van der Waals surface area contributed by atoms with Crippen LogP contribution in [0.4, 0.5) is 0 Å². The van der Waals surface area contributed by atoms with Gasteiger partial charge in [-0.15, -0.1) is 0 Å². The Kier molecular flexibility index (Phi) is 7.45. The molecule has 0 spiro atoms. The van der Waals surface area contributed by atoms with Crippen LogP contribution in [0.15, 0.2) is 212 Å². The van der Waals surface area contributed by atoms with Crippen molar-refractivity contribution in [2.45, 2.75) is 11.8 Å². The van der Waals surface area contributed by atoms with Gasteiger partial charge in [-0.3, -0.25) is 0 Å². The number of benzene rings is 9. The summed E-state index contributed by atoms with van der Waals surface area (Å²) in [6.07, 6.45) is 0. The van der Waals surface area contributed by atoms with Crippen molar-refractivity contribution in [3.8, 4) is 45.5 Å². The third-order valence-corrected chi connectivity index (χ3v) is 13.6. The lowest BCUT2D eigenvalue weighted by molar-refractivity contribution is 0.922. The zero-order valence-electron chi connectivity index (χ0n) is 34.6. The SMILES string of the molecule is c1ccc(-c2nc(-c3cc4c5c(c3)c3ccccc3n5-c3ccccc3C4c3ccccc3)nc(-c3cc4c5c(c3)c3ccccc3n5-c3ccccc3C4c3ccccc3)n2)cc1. The number of fused-ring (bicyclic) bond motifs is 10. The molecule has 0 saturated heterocycles. The van der Waals surface area contributed by atoms with Gasteiger partial charge in [-0.2, -0.15) is 0 Å². The summed E-state index contributed by atoms with van der Waals surface area (Å²) >= 11 is 0. The van der Waals surface area contributed by atoms with E-state index >= 15 is 0 Å². The number of aromatic nitrogens is 5. The highest BCUT2D eigenvalue weighted by atomic mass is 15.0. The zero-order valence-corrected chi connectivity index (χ0v) is 34.6. The van der Waals surface area contributed by atoms with Crippen LogP contribution in [0.1, 0.15) is 45.2 Å². The molecule has 2 aliphatic heterocycles. The molecule has 298 valence electrons. The lowest BCUT2D eigenvalue weighted by Gasteiger charge is -2.29. The van der Waals surface area contributed by atoms with Crippen LogP contribution in [-0.4, -0.2) is 24.1 Å². The Balaban J connectivity index is 1.06. The lowest BCUT2D eigenvalue weighted by atomic mass is 9.80. The quantitative estimate of drug-likeness (QED) is 0.174. The van der Waals surface area contributed by atoms with Crippen LogP contribution < -0.4 is 0 Å². The van der Waals surface area contributed by atoms with Crippen LogP contribution in [0.25, 0.3) is 89.2 Å². The van der Waals surface area contributed by atoms with Gasteiger partial charge >= 0.3 is 0 Å². The van der Waals surface area contributed by atoms with E-state index in [1.165, 1.54) is 88.4 Å². The van der Waals surface area contributed by atoms with Crippen molar-refractivity contribution in [1.82, 2.24) is 24.1 Å². The summed E-state index contributed by atoms with van der Waals surface area (Å²) in [5.74, 6) is 1.95. The summed E-state index contributed by atoms with van der Waals surface area (Å²) in [6, 6.07) is 76.8.